The number of benzene rings is 2. The highest BCUT2D eigenvalue weighted by Crippen LogP contribution is 2.25. The summed E-state index contributed by atoms with van der Waals surface area (Å²) < 4.78 is 11.8. The summed E-state index contributed by atoms with van der Waals surface area (Å²) >= 11 is 0. The van der Waals surface area contributed by atoms with Crippen molar-refractivity contribution in [2.75, 3.05) is 46.4 Å². The van der Waals surface area contributed by atoms with Crippen molar-refractivity contribution in [1.29, 1.82) is 5.26 Å². The zero-order valence-corrected chi connectivity index (χ0v) is 21.3. The third-order valence-corrected chi connectivity index (χ3v) is 7.35. The van der Waals surface area contributed by atoms with E-state index in [1.54, 1.807) is 7.11 Å². The van der Waals surface area contributed by atoms with Crippen molar-refractivity contribution in [2.24, 2.45) is 5.92 Å². The average Bonchev–Trinajstić information content (AvgIpc) is 2.95. The lowest BCUT2D eigenvalue weighted by atomic mass is 9.89. The first kappa shape index (κ1) is 26.0. The van der Waals surface area contributed by atoms with Crippen molar-refractivity contribution in [3.05, 3.63) is 65.2 Å². The molecular formula is C29H38N4O3. The first-order valence-corrected chi connectivity index (χ1v) is 13.1. The van der Waals surface area contributed by atoms with Crippen molar-refractivity contribution >= 4 is 6.03 Å². The molecule has 36 heavy (non-hydrogen) atoms. The van der Waals surface area contributed by atoms with Gasteiger partial charge >= 0.3 is 6.03 Å². The Morgan fingerprint density at radius 1 is 1.08 bits per heavy atom. The number of hydrogen-bond acceptors (Lipinski definition) is 5. The summed E-state index contributed by atoms with van der Waals surface area (Å²) in [5, 5.41) is 12.2. The van der Waals surface area contributed by atoms with Gasteiger partial charge in [-0.2, -0.15) is 5.26 Å². The van der Waals surface area contributed by atoms with Gasteiger partial charge in [-0.3, -0.25) is 4.90 Å². The predicted molar refractivity (Wildman–Crippen MR) is 140 cm³/mol. The number of nitrogens with zero attached hydrogens (tertiary/aromatic N) is 3. The van der Waals surface area contributed by atoms with Crippen LogP contribution in [0.5, 0.6) is 5.75 Å². The van der Waals surface area contributed by atoms with Gasteiger partial charge in [0.05, 0.1) is 31.5 Å². The molecule has 0 bridgehead atoms. The minimum atomic E-state index is -0.137. The molecule has 0 radical (unpaired) electrons. The molecule has 1 heterocycles. The highest BCUT2D eigenvalue weighted by Gasteiger charge is 2.25. The van der Waals surface area contributed by atoms with Crippen molar-refractivity contribution < 1.29 is 14.3 Å². The smallest absolute Gasteiger partial charge is 0.317 e. The van der Waals surface area contributed by atoms with Crippen LogP contribution in [0.3, 0.4) is 0 Å². The molecule has 1 atom stereocenters. The summed E-state index contributed by atoms with van der Waals surface area (Å²) in [5.41, 5.74) is 2.74. The highest BCUT2D eigenvalue weighted by molar-refractivity contribution is 5.74. The molecule has 0 aromatic heterocycles. The number of urea groups is 1. The first-order valence-electron chi connectivity index (χ1n) is 13.1. The quantitative estimate of drug-likeness (QED) is 0.550. The number of amides is 2. The largest absolute Gasteiger partial charge is 0.497 e. The number of rotatable bonds is 9. The first-order chi connectivity index (χ1) is 17.6. The van der Waals surface area contributed by atoms with Crippen LogP contribution in [0.1, 0.15) is 54.9 Å². The van der Waals surface area contributed by atoms with Crippen molar-refractivity contribution in [3.63, 3.8) is 0 Å². The number of methoxy groups -OCH3 is 1. The number of piperazine rings is 1. The van der Waals surface area contributed by atoms with Gasteiger partial charge in [0.25, 0.3) is 0 Å². The zero-order chi connectivity index (χ0) is 25.2. The minimum Gasteiger partial charge on any atom is -0.497 e. The lowest BCUT2D eigenvalue weighted by Gasteiger charge is -2.36. The van der Waals surface area contributed by atoms with Gasteiger partial charge in [0.2, 0.25) is 0 Å². The maximum atomic E-state index is 12.7. The fourth-order valence-electron chi connectivity index (χ4n) is 5.07. The molecule has 2 amide bonds. The number of ether oxygens (including phenoxy) is 2. The topological polar surface area (TPSA) is 77.8 Å². The third-order valence-electron chi connectivity index (χ3n) is 7.35. The molecule has 192 valence electrons. The number of nitriles is 1. The molecule has 2 aromatic carbocycles. The normalized spacial score (nSPS) is 17.8. The van der Waals surface area contributed by atoms with Crippen molar-refractivity contribution in [3.8, 4) is 11.8 Å². The fraction of sp³-hybridized carbons (Fsp3) is 0.517. The summed E-state index contributed by atoms with van der Waals surface area (Å²) in [6, 6.07) is 17.8. The molecule has 4 rings (SSSR count). The van der Waals surface area contributed by atoms with E-state index >= 15 is 0 Å². The van der Waals surface area contributed by atoms with Crippen LogP contribution < -0.4 is 10.1 Å². The predicted octanol–water partition coefficient (Wildman–Crippen LogP) is 4.73. The van der Waals surface area contributed by atoms with Crippen LogP contribution in [-0.2, 0) is 11.3 Å². The average molecular weight is 491 g/mol. The summed E-state index contributed by atoms with van der Waals surface area (Å²) in [4.78, 5) is 17.0. The van der Waals surface area contributed by atoms with Crippen molar-refractivity contribution in [1.82, 2.24) is 15.1 Å². The number of carbonyl (C=O) groups is 1. The van der Waals surface area contributed by atoms with Crippen LogP contribution in [0.2, 0.25) is 0 Å². The Labute approximate surface area is 215 Å². The number of hydrogen-bond donors (Lipinski definition) is 1. The van der Waals surface area contributed by atoms with Gasteiger partial charge in [-0.25, -0.2) is 4.79 Å². The lowest BCUT2D eigenvalue weighted by molar-refractivity contribution is 0.00544. The van der Waals surface area contributed by atoms with Gasteiger partial charge in [0.1, 0.15) is 5.75 Å². The van der Waals surface area contributed by atoms with Gasteiger partial charge in [-0.05, 0) is 54.2 Å². The molecule has 1 N–H and O–H groups in total. The van der Waals surface area contributed by atoms with Crippen LogP contribution in [0.25, 0.3) is 0 Å². The number of carbonyl (C=O) groups excluding carboxylic acids is 1. The second-order valence-corrected chi connectivity index (χ2v) is 9.86. The highest BCUT2D eigenvalue weighted by atomic mass is 16.5. The van der Waals surface area contributed by atoms with E-state index in [9.17, 15) is 4.79 Å². The summed E-state index contributed by atoms with van der Waals surface area (Å²) in [5.74, 6) is 1.44. The van der Waals surface area contributed by atoms with E-state index in [-0.39, 0.29) is 12.1 Å². The molecule has 2 fully saturated rings. The van der Waals surface area contributed by atoms with Gasteiger partial charge in [-0.1, -0.05) is 43.5 Å². The molecule has 2 aliphatic rings. The van der Waals surface area contributed by atoms with Gasteiger partial charge in [0, 0.05) is 39.3 Å². The lowest BCUT2D eigenvalue weighted by Crippen LogP contribution is -2.53. The van der Waals surface area contributed by atoms with Gasteiger partial charge in [0.15, 0.2) is 0 Å². The Morgan fingerprint density at radius 3 is 2.53 bits per heavy atom. The van der Waals surface area contributed by atoms with E-state index in [4.69, 9.17) is 14.7 Å². The number of nitrogens with one attached hydrogen (secondary N) is 1. The summed E-state index contributed by atoms with van der Waals surface area (Å²) in [6.45, 7) is 5.07. The molecule has 7 heteroatoms. The van der Waals surface area contributed by atoms with E-state index in [1.165, 1.54) is 32.1 Å². The standard InChI is InChI=1S/C29H38N4O3/c1-35-27-9-5-8-26(18-27)28(36-22-25-12-10-23(19-30)11-13-25)21-32-14-16-33(17-15-32)29(34)31-20-24-6-3-2-4-7-24/h5,8-13,18,24,28H,2-4,6-7,14-17,20-22H2,1H3,(H,31,34). The molecule has 2 aromatic rings. The fourth-order valence-corrected chi connectivity index (χ4v) is 5.07. The Morgan fingerprint density at radius 2 is 1.83 bits per heavy atom. The molecule has 1 saturated heterocycles. The van der Waals surface area contributed by atoms with E-state index in [0.717, 1.165) is 56.1 Å². The Hall–Kier alpha value is -3.08. The molecule has 1 aliphatic carbocycles. The Balaban J connectivity index is 1.31. The minimum absolute atomic E-state index is 0.0710. The van der Waals surface area contributed by atoms with Crippen LogP contribution in [0.4, 0.5) is 4.79 Å². The molecular weight excluding hydrogens is 452 g/mol. The van der Waals surface area contributed by atoms with Crippen molar-refractivity contribution in [2.45, 2.75) is 44.8 Å². The van der Waals surface area contributed by atoms with Crippen LogP contribution in [0, 0.1) is 17.2 Å². The maximum absolute atomic E-state index is 12.7. The zero-order valence-electron chi connectivity index (χ0n) is 21.3. The monoisotopic (exact) mass is 490 g/mol. The van der Waals surface area contributed by atoms with E-state index in [1.807, 2.05) is 47.4 Å². The summed E-state index contributed by atoms with van der Waals surface area (Å²) in [6.07, 6.45) is 6.26. The van der Waals surface area contributed by atoms with Crippen LogP contribution in [0.15, 0.2) is 48.5 Å². The Bertz CT molecular complexity index is 1010. The second-order valence-electron chi connectivity index (χ2n) is 9.86. The van der Waals surface area contributed by atoms with Gasteiger partial charge in [-0.15, -0.1) is 0 Å². The molecule has 1 saturated carbocycles. The molecule has 1 aliphatic heterocycles. The molecule has 1 unspecified atom stereocenters. The second kappa shape index (κ2) is 13.3. The van der Waals surface area contributed by atoms with E-state index in [2.05, 4.69) is 22.4 Å². The third kappa shape index (κ3) is 7.46. The Kier molecular flexibility index (Phi) is 9.60. The van der Waals surface area contributed by atoms with Crippen LogP contribution in [-0.4, -0.2) is 62.2 Å². The summed E-state index contributed by atoms with van der Waals surface area (Å²) in [7, 11) is 1.67. The molecule has 0 spiro atoms. The maximum Gasteiger partial charge on any atom is 0.317 e. The molecule has 7 nitrogen and oxygen atoms in total. The SMILES string of the molecule is COc1cccc(C(CN2CCN(C(=O)NCC3CCCCC3)CC2)OCc2ccc(C#N)cc2)c1. The van der Waals surface area contributed by atoms with Gasteiger partial charge < -0.3 is 19.7 Å². The van der Waals surface area contributed by atoms with Crippen LogP contribution >= 0.6 is 0 Å². The van der Waals surface area contributed by atoms with E-state index < -0.39 is 0 Å². The van der Waals surface area contributed by atoms with E-state index in [0.29, 0.717) is 18.1 Å².